The molecule has 1 aliphatic rings. The molecule has 1 fully saturated rings. The van der Waals surface area contributed by atoms with Crippen LogP contribution in [0.25, 0.3) is 0 Å². The highest BCUT2D eigenvalue weighted by molar-refractivity contribution is 4.79. The van der Waals surface area contributed by atoms with E-state index in [0.717, 1.165) is 32.7 Å². The summed E-state index contributed by atoms with van der Waals surface area (Å²) in [5, 5.41) is 9.07. The van der Waals surface area contributed by atoms with Crippen molar-refractivity contribution >= 4 is 0 Å². The number of ether oxygens (including phenoxy) is 1. The number of aliphatic hydroxyl groups excluding tert-OH is 1. The molecule has 0 aromatic carbocycles. The van der Waals surface area contributed by atoms with Crippen molar-refractivity contribution < 1.29 is 9.84 Å². The first-order chi connectivity index (χ1) is 8.27. The van der Waals surface area contributed by atoms with Crippen LogP contribution in [0.3, 0.4) is 0 Å². The maximum absolute atomic E-state index is 9.07. The second kappa shape index (κ2) is 8.86. The van der Waals surface area contributed by atoms with E-state index in [0.29, 0.717) is 12.0 Å². The molecular weight excluding hydrogens is 216 g/mol. The van der Waals surface area contributed by atoms with Gasteiger partial charge < -0.3 is 15.6 Å². The fourth-order valence-electron chi connectivity index (χ4n) is 2.63. The van der Waals surface area contributed by atoms with Gasteiger partial charge in [0, 0.05) is 32.8 Å². The Morgan fingerprint density at radius 3 is 2.71 bits per heavy atom. The molecule has 2 atom stereocenters. The fourth-order valence-corrected chi connectivity index (χ4v) is 2.63. The van der Waals surface area contributed by atoms with Gasteiger partial charge in [-0.15, -0.1) is 0 Å². The Morgan fingerprint density at radius 1 is 1.24 bits per heavy atom. The molecule has 3 N–H and O–H groups in total. The molecule has 17 heavy (non-hydrogen) atoms. The van der Waals surface area contributed by atoms with Crippen LogP contribution in [-0.4, -0.2) is 56.0 Å². The molecule has 0 aromatic rings. The van der Waals surface area contributed by atoms with Crippen molar-refractivity contribution in [2.75, 3.05) is 40.0 Å². The van der Waals surface area contributed by atoms with Crippen molar-refractivity contribution in [3.8, 4) is 0 Å². The van der Waals surface area contributed by atoms with Crippen LogP contribution >= 0.6 is 0 Å². The minimum absolute atomic E-state index is 0.214. The van der Waals surface area contributed by atoms with Crippen molar-refractivity contribution in [3.63, 3.8) is 0 Å². The van der Waals surface area contributed by atoms with Gasteiger partial charge in [0.15, 0.2) is 0 Å². The van der Waals surface area contributed by atoms with Gasteiger partial charge in [-0.25, -0.2) is 0 Å². The maximum Gasteiger partial charge on any atom is 0.0589 e. The molecule has 0 aliphatic heterocycles. The zero-order valence-corrected chi connectivity index (χ0v) is 11.1. The zero-order valence-electron chi connectivity index (χ0n) is 11.1. The van der Waals surface area contributed by atoms with Crippen LogP contribution in [0.5, 0.6) is 0 Å². The summed E-state index contributed by atoms with van der Waals surface area (Å²) < 4.78 is 5.10. The van der Waals surface area contributed by atoms with E-state index < -0.39 is 0 Å². The van der Waals surface area contributed by atoms with Gasteiger partial charge in [0.05, 0.1) is 13.2 Å². The van der Waals surface area contributed by atoms with Crippen LogP contribution in [0, 0.1) is 5.92 Å². The molecule has 0 radical (unpaired) electrons. The monoisotopic (exact) mass is 244 g/mol. The quantitative estimate of drug-likeness (QED) is 0.651. The Bertz CT molecular complexity index is 190. The average molecular weight is 244 g/mol. The highest BCUT2D eigenvalue weighted by atomic mass is 16.5. The standard InChI is InChI=1S/C13H28N2O2/c1-17-10-8-15(7-9-16)11-12-5-3-2-4-6-13(12)14/h12-13,16H,2-11,14H2,1H3. The third-order valence-corrected chi connectivity index (χ3v) is 3.74. The first-order valence-electron chi connectivity index (χ1n) is 6.85. The van der Waals surface area contributed by atoms with Gasteiger partial charge in [-0.3, -0.25) is 4.90 Å². The number of hydrogen-bond donors (Lipinski definition) is 2. The minimum atomic E-state index is 0.214. The lowest BCUT2D eigenvalue weighted by atomic mass is 9.95. The molecule has 0 saturated heterocycles. The van der Waals surface area contributed by atoms with Crippen LogP contribution in [0.4, 0.5) is 0 Å². The number of nitrogens with zero attached hydrogens (tertiary/aromatic N) is 1. The van der Waals surface area contributed by atoms with Crippen molar-refractivity contribution in [1.82, 2.24) is 4.90 Å². The van der Waals surface area contributed by atoms with Crippen molar-refractivity contribution in [2.45, 2.75) is 38.1 Å². The number of rotatable bonds is 7. The molecule has 1 aliphatic carbocycles. The predicted octanol–water partition coefficient (Wildman–Crippen LogP) is 0.835. The third-order valence-electron chi connectivity index (χ3n) is 3.74. The molecule has 2 unspecified atom stereocenters. The maximum atomic E-state index is 9.07. The number of nitrogens with two attached hydrogens (primary N) is 1. The number of hydrogen-bond acceptors (Lipinski definition) is 4. The highest BCUT2D eigenvalue weighted by Crippen LogP contribution is 2.22. The van der Waals surface area contributed by atoms with Gasteiger partial charge in [0.2, 0.25) is 0 Å². The molecule has 102 valence electrons. The Hall–Kier alpha value is -0.160. The summed E-state index contributed by atoms with van der Waals surface area (Å²) >= 11 is 0. The summed E-state index contributed by atoms with van der Waals surface area (Å²) in [7, 11) is 1.72. The van der Waals surface area contributed by atoms with Crippen LogP contribution in [0.1, 0.15) is 32.1 Å². The molecule has 4 nitrogen and oxygen atoms in total. The summed E-state index contributed by atoms with van der Waals surface area (Å²) in [5.74, 6) is 0.584. The SMILES string of the molecule is COCCN(CCO)CC1CCCCCC1N. The summed E-state index contributed by atoms with van der Waals surface area (Å²) in [5.41, 5.74) is 6.23. The second-order valence-corrected chi connectivity index (χ2v) is 5.08. The fraction of sp³-hybridized carbons (Fsp3) is 1.00. The van der Waals surface area contributed by atoms with Gasteiger partial charge in [0.1, 0.15) is 0 Å². The molecule has 1 saturated carbocycles. The Balaban J connectivity index is 2.39. The predicted molar refractivity (Wildman–Crippen MR) is 70.0 cm³/mol. The topological polar surface area (TPSA) is 58.7 Å². The highest BCUT2D eigenvalue weighted by Gasteiger charge is 2.22. The van der Waals surface area contributed by atoms with Crippen molar-refractivity contribution in [2.24, 2.45) is 11.7 Å². The van der Waals surface area contributed by atoms with Crippen LogP contribution in [0.15, 0.2) is 0 Å². The Morgan fingerprint density at radius 2 is 2.00 bits per heavy atom. The Labute approximate surface area is 105 Å². The van der Waals surface area contributed by atoms with Gasteiger partial charge in [-0.05, 0) is 18.8 Å². The van der Waals surface area contributed by atoms with Gasteiger partial charge in [-0.1, -0.05) is 19.3 Å². The van der Waals surface area contributed by atoms with Crippen LogP contribution in [0.2, 0.25) is 0 Å². The molecular formula is C13H28N2O2. The van der Waals surface area contributed by atoms with E-state index in [-0.39, 0.29) is 6.61 Å². The minimum Gasteiger partial charge on any atom is -0.395 e. The summed E-state index contributed by atoms with van der Waals surface area (Å²) in [6, 6.07) is 0.334. The molecule has 0 heterocycles. The van der Waals surface area contributed by atoms with Crippen molar-refractivity contribution in [1.29, 1.82) is 0 Å². The van der Waals surface area contributed by atoms with E-state index >= 15 is 0 Å². The van der Waals surface area contributed by atoms with E-state index in [4.69, 9.17) is 15.6 Å². The summed E-state index contributed by atoms with van der Waals surface area (Å²) in [4.78, 5) is 2.28. The third kappa shape index (κ3) is 5.82. The van der Waals surface area contributed by atoms with E-state index in [1.165, 1.54) is 25.7 Å². The van der Waals surface area contributed by atoms with E-state index in [9.17, 15) is 0 Å². The van der Waals surface area contributed by atoms with Crippen LogP contribution in [-0.2, 0) is 4.74 Å². The Kier molecular flexibility index (Phi) is 7.77. The lowest BCUT2D eigenvalue weighted by Gasteiger charge is -2.29. The van der Waals surface area contributed by atoms with E-state index in [2.05, 4.69) is 4.90 Å². The second-order valence-electron chi connectivity index (χ2n) is 5.08. The first-order valence-corrected chi connectivity index (χ1v) is 6.85. The summed E-state index contributed by atoms with van der Waals surface area (Å²) in [6.07, 6.45) is 6.28. The normalized spacial score (nSPS) is 26.1. The lowest BCUT2D eigenvalue weighted by molar-refractivity contribution is 0.113. The van der Waals surface area contributed by atoms with Gasteiger partial charge >= 0.3 is 0 Å². The zero-order chi connectivity index (χ0) is 12.5. The van der Waals surface area contributed by atoms with Crippen molar-refractivity contribution in [3.05, 3.63) is 0 Å². The number of aliphatic hydroxyl groups is 1. The first kappa shape index (κ1) is 14.9. The molecule has 4 heteroatoms. The van der Waals surface area contributed by atoms with Gasteiger partial charge in [-0.2, -0.15) is 0 Å². The lowest BCUT2D eigenvalue weighted by Crippen LogP contribution is -2.41. The van der Waals surface area contributed by atoms with Crippen LogP contribution < -0.4 is 5.73 Å². The van der Waals surface area contributed by atoms with E-state index in [1.54, 1.807) is 7.11 Å². The molecule has 0 aromatic heterocycles. The smallest absolute Gasteiger partial charge is 0.0589 e. The molecule has 0 spiro atoms. The molecule has 0 bridgehead atoms. The van der Waals surface area contributed by atoms with Gasteiger partial charge in [0.25, 0.3) is 0 Å². The largest absolute Gasteiger partial charge is 0.395 e. The molecule has 0 amide bonds. The average Bonchev–Trinajstić information content (AvgIpc) is 2.52. The molecule has 1 rings (SSSR count). The van der Waals surface area contributed by atoms with E-state index in [1.807, 2.05) is 0 Å². The summed E-state index contributed by atoms with van der Waals surface area (Å²) in [6.45, 7) is 3.56. The number of methoxy groups -OCH3 is 1.